The highest BCUT2D eigenvalue weighted by Crippen LogP contribution is 2.42. The van der Waals surface area contributed by atoms with Crippen molar-refractivity contribution in [3.63, 3.8) is 0 Å². The summed E-state index contributed by atoms with van der Waals surface area (Å²) in [7, 11) is 0. The molecule has 0 atom stereocenters. The molecule has 0 bridgehead atoms. The number of carbonyl (C=O) groups is 1. The standard InChI is InChI=1S/C18H20N2O2/c1-12-7-4-5-8-13(12)11-20-16-14(19)9-6-10-15(16)22-18(2,3)17(20)21/h4-10H,11,19H2,1-3H3. The van der Waals surface area contributed by atoms with Gasteiger partial charge >= 0.3 is 0 Å². The van der Waals surface area contributed by atoms with Gasteiger partial charge in [-0.15, -0.1) is 0 Å². The fourth-order valence-corrected chi connectivity index (χ4v) is 2.76. The topological polar surface area (TPSA) is 55.6 Å². The number of para-hydroxylation sites is 1. The highest BCUT2D eigenvalue weighted by Gasteiger charge is 2.41. The van der Waals surface area contributed by atoms with Gasteiger partial charge in [0.05, 0.1) is 12.2 Å². The summed E-state index contributed by atoms with van der Waals surface area (Å²) in [6.45, 7) is 6.10. The molecule has 0 saturated heterocycles. The maximum absolute atomic E-state index is 12.8. The number of carbonyl (C=O) groups excluding carboxylic acids is 1. The van der Waals surface area contributed by atoms with Crippen molar-refractivity contribution in [2.75, 3.05) is 10.6 Å². The van der Waals surface area contributed by atoms with Crippen LogP contribution in [0.15, 0.2) is 42.5 Å². The molecule has 2 N–H and O–H groups in total. The van der Waals surface area contributed by atoms with E-state index >= 15 is 0 Å². The Kier molecular flexibility index (Phi) is 3.32. The summed E-state index contributed by atoms with van der Waals surface area (Å²) in [4.78, 5) is 14.6. The number of amides is 1. The van der Waals surface area contributed by atoms with E-state index in [2.05, 4.69) is 0 Å². The van der Waals surface area contributed by atoms with Crippen LogP contribution in [0.25, 0.3) is 0 Å². The summed E-state index contributed by atoms with van der Waals surface area (Å²) in [6, 6.07) is 13.5. The first-order chi connectivity index (χ1) is 10.4. The number of anilines is 2. The van der Waals surface area contributed by atoms with Gasteiger partial charge in [0.25, 0.3) is 5.91 Å². The van der Waals surface area contributed by atoms with Crippen molar-refractivity contribution in [3.8, 4) is 5.75 Å². The molecule has 1 aliphatic rings. The minimum Gasteiger partial charge on any atom is -0.476 e. The predicted octanol–water partition coefficient (Wildman–Crippen LogP) is 3.28. The molecular weight excluding hydrogens is 276 g/mol. The van der Waals surface area contributed by atoms with Gasteiger partial charge in [0.2, 0.25) is 0 Å². The molecule has 0 saturated carbocycles. The molecule has 4 nitrogen and oxygen atoms in total. The van der Waals surface area contributed by atoms with E-state index in [0.717, 1.165) is 11.1 Å². The fourth-order valence-electron chi connectivity index (χ4n) is 2.76. The summed E-state index contributed by atoms with van der Waals surface area (Å²) in [5.41, 5.74) is 8.66. The van der Waals surface area contributed by atoms with Gasteiger partial charge in [-0.2, -0.15) is 0 Å². The highest BCUT2D eigenvalue weighted by atomic mass is 16.5. The second-order valence-corrected chi connectivity index (χ2v) is 6.12. The molecule has 4 heteroatoms. The van der Waals surface area contributed by atoms with E-state index in [4.69, 9.17) is 10.5 Å². The molecule has 0 aromatic heterocycles. The molecule has 0 unspecified atom stereocenters. The molecule has 3 rings (SSSR count). The van der Waals surface area contributed by atoms with Gasteiger partial charge in [0.1, 0.15) is 11.4 Å². The summed E-state index contributed by atoms with van der Waals surface area (Å²) in [5, 5.41) is 0. The molecule has 114 valence electrons. The van der Waals surface area contributed by atoms with Crippen LogP contribution in [0.1, 0.15) is 25.0 Å². The quantitative estimate of drug-likeness (QED) is 0.865. The predicted molar refractivity (Wildman–Crippen MR) is 87.9 cm³/mol. The van der Waals surface area contributed by atoms with E-state index in [1.54, 1.807) is 24.8 Å². The van der Waals surface area contributed by atoms with E-state index in [-0.39, 0.29) is 5.91 Å². The van der Waals surface area contributed by atoms with Crippen LogP contribution in [-0.4, -0.2) is 11.5 Å². The smallest absolute Gasteiger partial charge is 0.271 e. The zero-order valence-electron chi connectivity index (χ0n) is 13.1. The van der Waals surface area contributed by atoms with E-state index in [1.165, 1.54) is 0 Å². The van der Waals surface area contributed by atoms with Crippen molar-refractivity contribution in [3.05, 3.63) is 53.6 Å². The van der Waals surface area contributed by atoms with Crippen LogP contribution in [0.5, 0.6) is 5.75 Å². The summed E-state index contributed by atoms with van der Waals surface area (Å²) < 4.78 is 5.84. The Bertz CT molecular complexity index is 738. The van der Waals surface area contributed by atoms with Crippen molar-refractivity contribution in [2.24, 2.45) is 0 Å². The Balaban J connectivity index is 2.09. The van der Waals surface area contributed by atoms with Crippen molar-refractivity contribution in [1.82, 2.24) is 0 Å². The van der Waals surface area contributed by atoms with Gasteiger partial charge < -0.3 is 10.5 Å². The Morgan fingerprint density at radius 3 is 2.59 bits per heavy atom. The van der Waals surface area contributed by atoms with Gasteiger partial charge in [-0.3, -0.25) is 9.69 Å². The monoisotopic (exact) mass is 296 g/mol. The molecule has 1 aliphatic heterocycles. The molecule has 1 heterocycles. The Hall–Kier alpha value is -2.49. The average molecular weight is 296 g/mol. The van der Waals surface area contributed by atoms with Gasteiger partial charge in [-0.05, 0) is 44.0 Å². The number of nitrogen functional groups attached to an aromatic ring is 1. The minimum atomic E-state index is -0.899. The minimum absolute atomic E-state index is 0.0823. The maximum atomic E-state index is 12.8. The van der Waals surface area contributed by atoms with Gasteiger partial charge in [0, 0.05) is 0 Å². The van der Waals surface area contributed by atoms with Gasteiger partial charge in [0.15, 0.2) is 5.60 Å². The molecule has 0 aliphatic carbocycles. The Morgan fingerprint density at radius 2 is 1.86 bits per heavy atom. The number of fused-ring (bicyclic) bond motifs is 1. The lowest BCUT2D eigenvalue weighted by atomic mass is 10.0. The third kappa shape index (κ3) is 2.30. The maximum Gasteiger partial charge on any atom is 0.271 e. The van der Waals surface area contributed by atoms with Crippen LogP contribution in [0, 0.1) is 6.92 Å². The number of aryl methyl sites for hydroxylation is 1. The molecule has 1 amide bonds. The first-order valence-electron chi connectivity index (χ1n) is 7.34. The molecule has 0 fully saturated rings. The Labute approximate surface area is 130 Å². The SMILES string of the molecule is Cc1ccccc1CN1C(=O)C(C)(C)Oc2cccc(N)c21. The lowest BCUT2D eigenvalue weighted by Crippen LogP contribution is -2.52. The van der Waals surface area contributed by atoms with Crippen LogP contribution in [0.2, 0.25) is 0 Å². The highest BCUT2D eigenvalue weighted by molar-refractivity contribution is 6.04. The normalized spacial score (nSPS) is 16.1. The van der Waals surface area contributed by atoms with Crippen LogP contribution in [0.4, 0.5) is 11.4 Å². The summed E-state index contributed by atoms with van der Waals surface area (Å²) in [6.07, 6.45) is 0. The third-order valence-corrected chi connectivity index (χ3v) is 4.02. The number of nitrogens with two attached hydrogens (primary N) is 1. The number of benzene rings is 2. The zero-order chi connectivity index (χ0) is 15.9. The fraction of sp³-hybridized carbons (Fsp3) is 0.278. The van der Waals surface area contributed by atoms with Crippen LogP contribution in [0.3, 0.4) is 0 Å². The van der Waals surface area contributed by atoms with E-state index in [0.29, 0.717) is 23.7 Å². The van der Waals surface area contributed by atoms with Crippen molar-refractivity contribution in [2.45, 2.75) is 32.9 Å². The van der Waals surface area contributed by atoms with Crippen molar-refractivity contribution < 1.29 is 9.53 Å². The molecule has 0 radical (unpaired) electrons. The second-order valence-electron chi connectivity index (χ2n) is 6.12. The van der Waals surface area contributed by atoms with E-state index < -0.39 is 5.60 Å². The third-order valence-electron chi connectivity index (χ3n) is 4.02. The number of hydrogen-bond donors (Lipinski definition) is 1. The molecular formula is C18H20N2O2. The number of rotatable bonds is 2. The molecule has 2 aromatic carbocycles. The number of hydrogen-bond acceptors (Lipinski definition) is 3. The summed E-state index contributed by atoms with van der Waals surface area (Å²) >= 11 is 0. The second kappa shape index (κ2) is 5.05. The van der Waals surface area contributed by atoms with Crippen molar-refractivity contribution >= 4 is 17.3 Å². The lowest BCUT2D eigenvalue weighted by molar-refractivity contribution is -0.132. The molecule has 0 spiro atoms. The summed E-state index contributed by atoms with van der Waals surface area (Å²) in [5.74, 6) is 0.569. The first-order valence-corrected chi connectivity index (χ1v) is 7.34. The van der Waals surface area contributed by atoms with Crippen molar-refractivity contribution in [1.29, 1.82) is 0 Å². The number of nitrogens with zero attached hydrogens (tertiary/aromatic N) is 1. The van der Waals surface area contributed by atoms with Crippen LogP contribution in [-0.2, 0) is 11.3 Å². The van der Waals surface area contributed by atoms with Crippen LogP contribution >= 0.6 is 0 Å². The first kappa shape index (κ1) is 14.4. The largest absolute Gasteiger partial charge is 0.476 e. The zero-order valence-corrected chi connectivity index (χ0v) is 13.1. The average Bonchev–Trinajstić information content (AvgIpc) is 2.45. The molecule has 22 heavy (non-hydrogen) atoms. The number of ether oxygens (including phenoxy) is 1. The molecule has 2 aromatic rings. The van der Waals surface area contributed by atoms with Gasteiger partial charge in [-0.1, -0.05) is 30.3 Å². The van der Waals surface area contributed by atoms with Gasteiger partial charge in [-0.25, -0.2) is 0 Å². The van der Waals surface area contributed by atoms with Crippen LogP contribution < -0.4 is 15.4 Å². The lowest BCUT2D eigenvalue weighted by Gasteiger charge is -2.39. The Morgan fingerprint density at radius 1 is 1.14 bits per heavy atom. The van der Waals surface area contributed by atoms with E-state index in [1.807, 2.05) is 43.3 Å². The van der Waals surface area contributed by atoms with E-state index in [9.17, 15) is 4.79 Å².